The van der Waals surface area contributed by atoms with E-state index in [1.807, 2.05) is 20.9 Å². The number of aliphatic hydroxyl groups excluding tert-OH is 2. The standard InChI is InChI=1S/C26H45NO2.C2H6.CH4/c1-17-18-8-9-22-24(3)15-21(29)19(7-5-6-14-27-4)23(24,2)12-13-26(22)16-25(18,26)11-10-20(17)28;1-2;/h17-22,27-29H,5-16H2,1-4H3;1-2H3;1H4. The van der Waals surface area contributed by atoms with Crippen LogP contribution in [-0.4, -0.2) is 36.0 Å². The molecule has 0 aliphatic heterocycles. The Kier molecular flexibility index (Phi) is 7.58. The van der Waals surface area contributed by atoms with Crippen molar-refractivity contribution in [1.29, 1.82) is 0 Å². The summed E-state index contributed by atoms with van der Waals surface area (Å²) in [5.74, 6) is 2.52. The molecule has 5 rings (SSSR count). The molecular formula is C29H55NO2. The first-order chi connectivity index (χ1) is 14.8. The molecule has 3 N–H and O–H groups in total. The van der Waals surface area contributed by atoms with E-state index in [-0.39, 0.29) is 19.6 Å². The largest absolute Gasteiger partial charge is 0.393 e. The van der Waals surface area contributed by atoms with Crippen molar-refractivity contribution in [2.75, 3.05) is 13.6 Å². The average molecular weight is 450 g/mol. The molecule has 10 unspecified atom stereocenters. The molecule has 0 radical (unpaired) electrons. The zero-order valence-electron chi connectivity index (χ0n) is 21.3. The van der Waals surface area contributed by atoms with Crippen molar-refractivity contribution in [2.24, 2.45) is 45.3 Å². The summed E-state index contributed by atoms with van der Waals surface area (Å²) in [6.07, 6.45) is 13.6. The van der Waals surface area contributed by atoms with Crippen LogP contribution in [0.1, 0.15) is 113 Å². The highest BCUT2D eigenvalue weighted by Gasteiger charge is 2.81. The molecule has 3 heteroatoms. The molecule has 0 amide bonds. The summed E-state index contributed by atoms with van der Waals surface area (Å²) in [6.45, 7) is 12.6. The van der Waals surface area contributed by atoms with Crippen LogP contribution in [0, 0.1) is 45.3 Å². The van der Waals surface area contributed by atoms with Crippen molar-refractivity contribution in [2.45, 2.75) is 125 Å². The Hall–Kier alpha value is -0.120. The molecule has 32 heavy (non-hydrogen) atoms. The molecule has 5 saturated carbocycles. The second-order valence-corrected chi connectivity index (χ2v) is 12.5. The average Bonchev–Trinajstić information content (AvgIpc) is 3.38. The van der Waals surface area contributed by atoms with E-state index >= 15 is 0 Å². The van der Waals surface area contributed by atoms with Crippen molar-refractivity contribution in [3.63, 3.8) is 0 Å². The Morgan fingerprint density at radius 3 is 2.28 bits per heavy atom. The van der Waals surface area contributed by atoms with Gasteiger partial charge in [0.25, 0.3) is 0 Å². The third-order valence-corrected chi connectivity index (χ3v) is 12.0. The van der Waals surface area contributed by atoms with Gasteiger partial charge in [-0.3, -0.25) is 0 Å². The van der Waals surface area contributed by atoms with Crippen LogP contribution >= 0.6 is 0 Å². The molecule has 5 aliphatic carbocycles. The number of nitrogens with one attached hydrogen (secondary N) is 1. The molecule has 0 bridgehead atoms. The van der Waals surface area contributed by atoms with Crippen LogP contribution in [0.2, 0.25) is 0 Å². The second-order valence-electron chi connectivity index (χ2n) is 12.5. The van der Waals surface area contributed by atoms with Crippen molar-refractivity contribution in [3.8, 4) is 0 Å². The third-order valence-electron chi connectivity index (χ3n) is 12.0. The molecule has 5 aliphatic rings. The fourth-order valence-electron chi connectivity index (χ4n) is 10.4. The molecular weight excluding hydrogens is 394 g/mol. The highest BCUT2D eigenvalue weighted by atomic mass is 16.3. The van der Waals surface area contributed by atoms with Gasteiger partial charge in [-0.1, -0.05) is 48.5 Å². The molecule has 0 aromatic rings. The van der Waals surface area contributed by atoms with Crippen LogP contribution in [0.15, 0.2) is 0 Å². The van der Waals surface area contributed by atoms with Crippen LogP contribution in [-0.2, 0) is 0 Å². The van der Waals surface area contributed by atoms with Gasteiger partial charge in [-0.05, 0) is 123 Å². The number of fused-ring (bicyclic) bond motifs is 2. The zero-order valence-corrected chi connectivity index (χ0v) is 21.3. The predicted octanol–water partition coefficient (Wildman–Crippen LogP) is 6.42. The molecule has 0 aromatic carbocycles. The van der Waals surface area contributed by atoms with E-state index in [4.69, 9.17) is 0 Å². The van der Waals surface area contributed by atoms with E-state index in [2.05, 4.69) is 26.1 Å². The Labute approximate surface area is 199 Å². The van der Waals surface area contributed by atoms with E-state index in [0.717, 1.165) is 31.2 Å². The van der Waals surface area contributed by atoms with Crippen LogP contribution in [0.5, 0.6) is 0 Å². The van der Waals surface area contributed by atoms with Crippen LogP contribution in [0.4, 0.5) is 0 Å². The van der Waals surface area contributed by atoms with Crippen molar-refractivity contribution < 1.29 is 10.2 Å². The fourth-order valence-corrected chi connectivity index (χ4v) is 10.4. The van der Waals surface area contributed by atoms with Crippen molar-refractivity contribution in [1.82, 2.24) is 5.32 Å². The van der Waals surface area contributed by atoms with Crippen molar-refractivity contribution in [3.05, 3.63) is 0 Å². The Morgan fingerprint density at radius 1 is 0.875 bits per heavy atom. The summed E-state index contributed by atoms with van der Waals surface area (Å²) in [6, 6.07) is 0. The van der Waals surface area contributed by atoms with Gasteiger partial charge in [0.05, 0.1) is 12.2 Å². The van der Waals surface area contributed by atoms with Gasteiger partial charge < -0.3 is 15.5 Å². The summed E-state index contributed by atoms with van der Waals surface area (Å²) in [5, 5.41) is 25.1. The predicted molar refractivity (Wildman–Crippen MR) is 136 cm³/mol. The maximum absolute atomic E-state index is 11.3. The van der Waals surface area contributed by atoms with E-state index in [1.54, 1.807) is 0 Å². The first-order valence-corrected chi connectivity index (χ1v) is 13.8. The van der Waals surface area contributed by atoms with E-state index in [0.29, 0.717) is 33.5 Å². The number of aliphatic hydroxyl groups is 2. The number of rotatable bonds is 5. The first-order valence-electron chi connectivity index (χ1n) is 13.8. The molecule has 0 aromatic heterocycles. The monoisotopic (exact) mass is 449 g/mol. The summed E-state index contributed by atoms with van der Waals surface area (Å²) in [5.41, 5.74) is 1.68. The van der Waals surface area contributed by atoms with Gasteiger partial charge in [-0.2, -0.15) is 0 Å². The lowest BCUT2D eigenvalue weighted by atomic mass is 9.43. The van der Waals surface area contributed by atoms with Gasteiger partial charge in [0.2, 0.25) is 0 Å². The lowest BCUT2D eigenvalue weighted by molar-refractivity contribution is -0.139. The molecule has 10 atom stereocenters. The minimum atomic E-state index is -0.103. The van der Waals surface area contributed by atoms with E-state index < -0.39 is 0 Å². The van der Waals surface area contributed by atoms with Crippen LogP contribution in [0.25, 0.3) is 0 Å². The minimum Gasteiger partial charge on any atom is -0.393 e. The summed E-state index contributed by atoms with van der Waals surface area (Å²) in [7, 11) is 2.04. The zero-order chi connectivity index (χ0) is 22.7. The normalized spacial score (nSPS) is 52.9. The van der Waals surface area contributed by atoms with Gasteiger partial charge in [0.1, 0.15) is 0 Å². The van der Waals surface area contributed by atoms with Gasteiger partial charge in [0.15, 0.2) is 0 Å². The van der Waals surface area contributed by atoms with Gasteiger partial charge in [-0.25, -0.2) is 0 Å². The smallest absolute Gasteiger partial charge is 0.0579 e. The Balaban J connectivity index is 0.000000938. The molecule has 2 spiro atoms. The van der Waals surface area contributed by atoms with Crippen molar-refractivity contribution >= 4 is 0 Å². The summed E-state index contributed by atoms with van der Waals surface area (Å²) in [4.78, 5) is 0. The SMILES string of the molecule is C.CC.CNCCCCC1C(O)CC2(C)C3CCC4C(C)C(O)CCC45CC35CCC12C. The first kappa shape index (κ1) is 26.5. The van der Waals surface area contributed by atoms with Crippen LogP contribution in [0.3, 0.4) is 0 Å². The minimum absolute atomic E-state index is 0. The number of hydrogen-bond donors (Lipinski definition) is 3. The molecule has 188 valence electrons. The highest BCUT2D eigenvalue weighted by Crippen LogP contribution is 2.88. The highest BCUT2D eigenvalue weighted by molar-refractivity contribution is 5.30. The third kappa shape index (κ3) is 3.30. The topological polar surface area (TPSA) is 52.5 Å². The number of unbranched alkanes of at least 4 members (excludes halogenated alkanes) is 1. The summed E-state index contributed by atoms with van der Waals surface area (Å²) < 4.78 is 0. The van der Waals surface area contributed by atoms with Gasteiger partial charge in [0, 0.05) is 0 Å². The molecule has 0 saturated heterocycles. The Morgan fingerprint density at radius 2 is 1.59 bits per heavy atom. The quantitative estimate of drug-likeness (QED) is 0.425. The fraction of sp³-hybridized carbons (Fsp3) is 1.00. The summed E-state index contributed by atoms with van der Waals surface area (Å²) >= 11 is 0. The molecule has 3 nitrogen and oxygen atoms in total. The lowest BCUT2D eigenvalue weighted by Gasteiger charge is -2.61. The lowest BCUT2D eigenvalue weighted by Crippen LogP contribution is -2.55. The second kappa shape index (κ2) is 9.15. The van der Waals surface area contributed by atoms with Gasteiger partial charge in [-0.15, -0.1) is 0 Å². The molecule has 5 fully saturated rings. The van der Waals surface area contributed by atoms with E-state index in [9.17, 15) is 10.2 Å². The van der Waals surface area contributed by atoms with Crippen LogP contribution < -0.4 is 5.32 Å². The maximum atomic E-state index is 11.3. The number of hydrogen-bond acceptors (Lipinski definition) is 3. The van der Waals surface area contributed by atoms with E-state index in [1.165, 1.54) is 57.8 Å². The maximum Gasteiger partial charge on any atom is 0.0579 e. The Bertz CT molecular complexity index is 653. The molecule has 0 heterocycles. The van der Waals surface area contributed by atoms with Gasteiger partial charge >= 0.3 is 0 Å².